The van der Waals surface area contributed by atoms with Gasteiger partial charge in [0.1, 0.15) is 0 Å². The van der Waals surface area contributed by atoms with Crippen LogP contribution in [0.5, 0.6) is 0 Å². The lowest BCUT2D eigenvalue weighted by molar-refractivity contribution is 0.0600. The number of nitrogens with zero attached hydrogens (tertiary/aromatic N) is 4. The molecule has 0 aliphatic carbocycles. The molecule has 5 aromatic rings. The number of ether oxygens (including phenoxy) is 1. The number of aromatic amines is 1. The van der Waals surface area contributed by atoms with Crippen molar-refractivity contribution < 1.29 is 14.3 Å². The van der Waals surface area contributed by atoms with Gasteiger partial charge in [0.05, 0.1) is 29.5 Å². The minimum absolute atomic E-state index is 0.0195. The Morgan fingerprint density at radius 3 is 2.61 bits per heavy atom. The first kappa shape index (κ1) is 21.0. The van der Waals surface area contributed by atoms with Crippen LogP contribution in [0.1, 0.15) is 32.1 Å². The Bertz CT molecular complexity index is 1510. The highest BCUT2D eigenvalue weighted by Gasteiger charge is 2.19. The van der Waals surface area contributed by atoms with Gasteiger partial charge in [0.15, 0.2) is 10.9 Å². The molecule has 0 atom stereocenters. The Morgan fingerprint density at radius 2 is 1.85 bits per heavy atom. The number of methoxy groups -OCH3 is 1. The van der Waals surface area contributed by atoms with E-state index in [-0.39, 0.29) is 17.5 Å². The number of aryl methyl sites for hydroxylation is 1. The minimum Gasteiger partial charge on any atom is -0.465 e. The second kappa shape index (κ2) is 8.25. The van der Waals surface area contributed by atoms with Crippen molar-refractivity contribution in [1.82, 2.24) is 24.1 Å². The fourth-order valence-corrected chi connectivity index (χ4v) is 4.89. The lowest BCUT2D eigenvalue weighted by Crippen LogP contribution is -2.06. The first-order valence-electron chi connectivity index (χ1n) is 10.3. The lowest BCUT2D eigenvalue weighted by atomic mass is 10.2. The summed E-state index contributed by atoms with van der Waals surface area (Å²) in [5, 5.41) is 7.97. The highest BCUT2D eigenvalue weighted by Crippen LogP contribution is 2.26. The van der Waals surface area contributed by atoms with Gasteiger partial charge in [-0.2, -0.15) is 0 Å². The molecular formula is C24H21N5O3S. The van der Waals surface area contributed by atoms with Crippen LogP contribution < -0.4 is 0 Å². The average Bonchev–Trinajstić information content (AvgIpc) is 3.49. The van der Waals surface area contributed by atoms with Gasteiger partial charge < -0.3 is 9.30 Å². The van der Waals surface area contributed by atoms with Gasteiger partial charge in [-0.1, -0.05) is 23.9 Å². The van der Waals surface area contributed by atoms with E-state index in [4.69, 9.17) is 4.74 Å². The number of H-pyrrole nitrogens is 1. The molecule has 9 heteroatoms. The maximum absolute atomic E-state index is 13.1. The van der Waals surface area contributed by atoms with Crippen LogP contribution in [-0.4, -0.2) is 48.8 Å². The highest BCUT2D eigenvalue weighted by atomic mass is 32.2. The summed E-state index contributed by atoms with van der Waals surface area (Å²) in [6, 6.07) is 16.9. The summed E-state index contributed by atoms with van der Waals surface area (Å²) in [6.07, 6.45) is 0. The van der Waals surface area contributed by atoms with Crippen LogP contribution in [0.25, 0.3) is 22.5 Å². The fraction of sp³-hybridized carbons (Fsp3) is 0.167. The fourth-order valence-electron chi connectivity index (χ4n) is 4.05. The van der Waals surface area contributed by atoms with E-state index in [1.165, 1.54) is 18.9 Å². The number of hydrogen-bond acceptors (Lipinski definition) is 6. The molecule has 0 unspecified atom stereocenters. The van der Waals surface area contributed by atoms with Gasteiger partial charge in [0, 0.05) is 22.6 Å². The lowest BCUT2D eigenvalue weighted by Gasteiger charge is -2.10. The summed E-state index contributed by atoms with van der Waals surface area (Å²) in [7, 11) is 1.36. The number of para-hydroxylation sites is 2. The van der Waals surface area contributed by atoms with E-state index in [2.05, 4.69) is 15.2 Å². The van der Waals surface area contributed by atoms with Gasteiger partial charge in [-0.15, -0.1) is 5.10 Å². The van der Waals surface area contributed by atoms with Crippen LogP contribution in [0.3, 0.4) is 0 Å². The number of nitrogens with one attached hydrogen (secondary N) is 1. The maximum atomic E-state index is 13.1. The average molecular weight is 460 g/mol. The zero-order valence-electron chi connectivity index (χ0n) is 18.3. The van der Waals surface area contributed by atoms with Gasteiger partial charge in [-0.3, -0.25) is 9.20 Å². The van der Waals surface area contributed by atoms with Crippen molar-refractivity contribution in [2.75, 3.05) is 12.9 Å². The van der Waals surface area contributed by atoms with Crippen molar-refractivity contribution in [3.63, 3.8) is 0 Å². The third-order valence-electron chi connectivity index (χ3n) is 5.61. The Hall–Kier alpha value is -3.85. The molecule has 0 radical (unpaired) electrons. The van der Waals surface area contributed by atoms with Crippen LogP contribution in [0.15, 0.2) is 59.8 Å². The summed E-state index contributed by atoms with van der Waals surface area (Å²) in [4.78, 5) is 29.3. The number of fused-ring (bicyclic) bond motifs is 3. The number of ketones is 1. The van der Waals surface area contributed by atoms with E-state index in [0.29, 0.717) is 22.1 Å². The number of rotatable bonds is 6. The molecule has 0 fully saturated rings. The van der Waals surface area contributed by atoms with Crippen molar-refractivity contribution in [1.29, 1.82) is 0 Å². The van der Waals surface area contributed by atoms with Crippen molar-refractivity contribution in [3.05, 3.63) is 77.1 Å². The number of Topliss-reactive ketones (excluding diaryl/α,β-unsaturated/α-hetero) is 1. The second-order valence-electron chi connectivity index (χ2n) is 7.64. The molecule has 2 aromatic carbocycles. The molecule has 5 rings (SSSR count). The van der Waals surface area contributed by atoms with Crippen molar-refractivity contribution in [2.24, 2.45) is 0 Å². The first-order valence-corrected chi connectivity index (χ1v) is 11.3. The first-order chi connectivity index (χ1) is 16.0. The Labute approximate surface area is 193 Å². The molecule has 3 aromatic heterocycles. The molecular weight excluding hydrogens is 438 g/mol. The number of benzene rings is 2. The SMILES string of the molecule is COC(=O)c1ccc(-n2c(C)cc(C(=O)CSc3n[nH]c4nc5ccccc5n34)c2C)cc1. The summed E-state index contributed by atoms with van der Waals surface area (Å²) in [6.45, 7) is 3.88. The number of aromatic nitrogens is 5. The number of imidazole rings is 1. The smallest absolute Gasteiger partial charge is 0.337 e. The predicted octanol–water partition coefficient (Wildman–Crippen LogP) is 4.38. The monoisotopic (exact) mass is 459 g/mol. The van der Waals surface area contributed by atoms with Crippen molar-refractivity contribution in [3.8, 4) is 5.69 Å². The Morgan fingerprint density at radius 1 is 1.09 bits per heavy atom. The molecule has 8 nitrogen and oxygen atoms in total. The third kappa shape index (κ3) is 3.60. The van der Waals surface area contributed by atoms with E-state index < -0.39 is 0 Å². The van der Waals surface area contributed by atoms with Crippen molar-refractivity contribution >= 4 is 40.3 Å². The molecule has 0 spiro atoms. The van der Waals surface area contributed by atoms with Crippen molar-refractivity contribution in [2.45, 2.75) is 19.0 Å². The number of hydrogen-bond donors (Lipinski definition) is 1. The topological polar surface area (TPSA) is 94.3 Å². The highest BCUT2D eigenvalue weighted by molar-refractivity contribution is 7.99. The predicted molar refractivity (Wildman–Crippen MR) is 126 cm³/mol. The molecule has 3 heterocycles. The van der Waals surface area contributed by atoms with Gasteiger partial charge in [-0.05, 0) is 56.3 Å². The minimum atomic E-state index is -0.381. The standard InChI is InChI=1S/C24H21N5O3S/c1-14-12-18(15(2)28(14)17-10-8-16(9-11-17)22(31)32-3)21(30)13-33-24-27-26-23-25-19-6-4-5-7-20(19)29(23)24/h4-12H,13H2,1-3H3,(H,25,26). The zero-order valence-corrected chi connectivity index (χ0v) is 19.1. The van der Waals surface area contributed by atoms with E-state index in [0.717, 1.165) is 28.1 Å². The van der Waals surface area contributed by atoms with Crippen LogP contribution in [-0.2, 0) is 4.74 Å². The molecule has 0 amide bonds. The third-order valence-corrected chi connectivity index (χ3v) is 6.55. The van der Waals surface area contributed by atoms with Gasteiger partial charge in [-0.25, -0.2) is 14.9 Å². The van der Waals surface area contributed by atoms with Crippen LogP contribution >= 0.6 is 11.8 Å². The zero-order chi connectivity index (χ0) is 23.1. The molecule has 1 N–H and O–H groups in total. The molecule has 33 heavy (non-hydrogen) atoms. The molecule has 166 valence electrons. The number of carbonyl (C=O) groups is 2. The molecule has 0 saturated heterocycles. The van der Waals surface area contributed by atoms with Crippen LogP contribution in [0, 0.1) is 13.8 Å². The van der Waals surface area contributed by atoms with Crippen LogP contribution in [0.4, 0.5) is 0 Å². The molecule has 0 aliphatic heterocycles. The normalized spacial score (nSPS) is 11.4. The largest absolute Gasteiger partial charge is 0.465 e. The quantitative estimate of drug-likeness (QED) is 0.230. The van der Waals surface area contributed by atoms with E-state index >= 15 is 0 Å². The molecule has 0 bridgehead atoms. The molecule has 0 aliphatic rings. The Kier molecular flexibility index (Phi) is 5.26. The van der Waals surface area contributed by atoms with Crippen LogP contribution in [0.2, 0.25) is 0 Å². The van der Waals surface area contributed by atoms with Gasteiger partial charge in [0.2, 0.25) is 5.78 Å². The van der Waals surface area contributed by atoms with Gasteiger partial charge >= 0.3 is 5.97 Å². The van der Waals surface area contributed by atoms with E-state index in [1.54, 1.807) is 12.1 Å². The summed E-state index contributed by atoms with van der Waals surface area (Å²) < 4.78 is 8.70. The summed E-state index contributed by atoms with van der Waals surface area (Å²) in [5.41, 5.74) is 5.64. The second-order valence-corrected chi connectivity index (χ2v) is 8.58. The number of thioether (sulfide) groups is 1. The number of esters is 1. The van der Waals surface area contributed by atoms with E-state index in [1.807, 2.05) is 65.3 Å². The van der Waals surface area contributed by atoms with Gasteiger partial charge in [0.25, 0.3) is 0 Å². The molecule has 0 saturated carbocycles. The number of carbonyl (C=O) groups excluding carboxylic acids is 2. The summed E-state index contributed by atoms with van der Waals surface area (Å²) in [5.74, 6) is 0.539. The van der Waals surface area contributed by atoms with E-state index in [9.17, 15) is 9.59 Å². The maximum Gasteiger partial charge on any atom is 0.337 e. The summed E-state index contributed by atoms with van der Waals surface area (Å²) >= 11 is 1.38. The Balaban J connectivity index is 1.39.